The molecule has 3 rings (SSSR count). The van der Waals surface area contributed by atoms with Gasteiger partial charge in [-0.1, -0.05) is 0 Å². The second kappa shape index (κ2) is 5.92. The van der Waals surface area contributed by atoms with Crippen molar-refractivity contribution in [3.8, 4) is 0 Å². The molecule has 0 unspecified atom stereocenters. The van der Waals surface area contributed by atoms with Crippen molar-refractivity contribution in [2.24, 2.45) is 5.92 Å². The normalized spacial score (nSPS) is 20.2. The molecule has 0 radical (unpaired) electrons. The summed E-state index contributed by atoms with van der Waals surface area (Å²) in [4.78, 5) is 16.5. The summed E-state index contributed by atoms with van der Waals surface area (Å²) in [5.74, 6) is 0.145. The molecule has 0 spiro atoms. The lowest BCUT2D eigenvalue weighted by Crippen LogP contribution is -2.29. The van der Waals surface area contributed by atoms with Gasteiger partial charge in [-0.15, -0.1) is 0 Å². The van der Waals surface area contributed by atoms with E-state index in [9.17, 15) is 13.2 Å². The lowest BCUT2D eigenvalue weighted by atomic mass is 10.1. The molecule has 0 saturated carbocycles. The first-order valence-corrected chi connectivity index (χ1v) is 9.50. The van der Waals surface area contributed by atoms with E-state index in [-0.39, 0.29) is 29.4 Å². The summed E-state index contributed by atoms with van der Waals surface area (Å²) in [6, 6.07) is 1.96. The Bertz CT molecular complexity index is 842. The number of fused-ring (bicyclic) bond motifs is 1. The molecule has 0 aliphatic carbocycles. The third-order valence-corrected chi connectivity index (χ3v) is 5.90. The Morgan fingerprint density at radius 2 is 2.22 bits per heavy atom. The number of hydrogen-bond donors (Lipinski definition) is 1. The van der Waals surface area contributed by atoms with E-state index in [0.717, 1.165) is 11.0 Å². The molecule has 1 N–H and O–H groups in total. The van der Waals surface area contributed by atoms with Crippen molar-refractivity contribution in [3.63, 3.8) is 0 Å². The van der Waals surface area contributed by atoms with Gasteiger partial charge in [0.15, 0.2) is 15.5 Å². The van der Waals surface area contributed by atoms with Gasteiger partial charge in [0.2, 0.25) is 0 Å². The van der Waals surface area contributed by atoms with Crippen LogP contribution in [0.3, 0.4) is 0 Å². The molecule has 0 aromatic carbocycles. The van der Waals surface area contributed by atoms with Crippen molar-refractivity contribution >= 4 is 26.8 Å². The molecule has 1 aliphatic heterocycles. The first kappa shape index (κ1) is 15.9. The number of sulfone groups is 1. The molecule has 7 nitrogen and oxygen atoms in total. The maximum absolute atomic E-state index is 12.2. The molecule has 2 aromatic rings. The highest BCUT2D eigenvalue weighted by atomic mass is 32.2. The number of amides is 1. The van der Waals surface area contributed by atoms with Crippen molar-refractivity contribution in [2.75, 3.05) is 18.1 Å². The third-order valence-electron chi connectivity index (χ3n) is 4.06. The maximum Gasteiger partial charge on any atom is 0.252 e. The van der Waals surface area contributed by atoms with Crippen molar-refractivity contribution in [1.82, 2.24) is 20.1 Å². The molecular weight excluding hydrogens is 316 g/mol. The summed E-state index contributed by atoms with van der Waals surface area (Å²) < 4.78 is 24.7. The van der Waals surface area contributed by atoms with E-state index in [1.165, 1.54) is 6.20 Å². The van der Waals surface area contributed by atoms with Crippen LogP contribution in [0.2, 0.25) is 0 Å². The summed E-state index contributed by atoms with van der Waals surface area (Å²) in [5, 5.41) is 7.89. The fourth-order valence-corrected chi connectivity index (χ4v) is 4.68. The van der Waals surface area contributed by atoms with Gasteiger partial charge in [-0.25, -0.2) is 18.1 Å². The number of carbonyl (C=O) groups excluding carboxylic acids is 1. The number of rotatable bonds is 4. The van der Waals surface area contributed by atoms with Gasteiger partial charge < -0.3 is 5.32 Å². The first-order valence-electron chi connectivity index (χ1n) is 7.67. The van der Waals surface area contributed by atoms with Crippen LogP contribution in [0, 0.1) is 5.92 Å². The molecule has 1 aliphatic rings. The van der Waals surface area contributed by atoms with Crippen molar-refractivity contribution in [3.05, 3.63) is 24.0 Å². The molecule has 1 fully saturated rings. The fraction of sp³-hybridized carbons (Fsp3) is 0.533. The third kappa shape index (κ3) is 3.36. The predicted molar refractivity (Wildman–Crippen MR) is 87.0 cm³/mol. The number of nitrogens with one attached hydrogen (secondary N) is 1. The zero-order valence-corrected chi connectivity index (χ0v) is 14.0. The van der Waals surface area contributed by atoms with E-state index in [1.54, 1.807) is 16.9 Å². The molecular formula is C15H20N4O3S. The lowest BCUT2D eigenvalue weighted by molar-refractivity contribution is 0.0948. The van der Waals surface area contributed by atoms with E-state index in [2.05, 4.69) is 15.4 Å². The van der Waals surface area contributed by atoms with Crippen LogP contribution < -0.4 is 5.32 Å². The minimum atomic E-state index is -2.92. The lowest BCUT2D eigenvalue weighted by Gasteiger charge is -2.10. The summed E-state index contributed by atoms with van der Waals surface area (Å²) in [5.41, 5.74) is 1.21. The van der Waals surface area contributed by atoms with Crippen LogP contribution in [-0.4, -0.2) is 47.1 Å². The van der Waals surface area contributed by atoms with Crippen LogP contribution >= 0.6 is 0 Å². The van der Waals surface area contributed by atoms with E-state index in [4.69, 9.17) is 0 Å². The molecule has 0 bridgehead atoms. The summed E-state index contributed by atoms with van der Waals surface area (Å²) in [6.45, 7) is 4.41. The van der Waals surface area contributed by atoms with Gasteiger partial charge in [-0.05, 0) is 32.3 Å². The highest BCUT2D eigenvalue weighted by Gasteiger charge is 2.28. The van der Waals surface area contributed by atoms with Crippen LogP contribution in [0.1, 0.15) is 36.7 Å². The molecule has 1 atom stereocenters. The molecule has 3 heterocycles. The first-order chi connectivity index (χ1) is 10.9. The second-order valence-corrected chi connectivity index (χ2v) is 8.53. The van der Waals surface area contributed by atoms with Gasteiger partial charge in [-0.2, -0.15) is 5.10 Å². The van der Waals surface area contributed by atoms with E-state index in [1.807, 2.05) is 13.8 Å². The van der Waals surface area contributed by atoms with E-state index in [0.29, 0.717) is 18.5 Å². The number of hydrogen-bond acceptors (Lipinski definition) is 5. The van der Waals surface area contributed by atoms with Crippen molar-refractivity contribution < 1.29 is 13.2 Å². The van der Waals surface area contributed by atoms with E-state index < -0.39 is 9.84 Å². The van der Waals surface area contributed by atoms with Gasteiger partial charge in [-0.3, -0.25) is 4.79 Å². The second-order valence-electron chi connectivity index (χ2n) is 6.30. The largest absolute Gasteiger partial charge is 0.352 e. The number of pyridine rings is 1. The fourth-order valence-electron chi connectivity index (χ4n) is 2.81. The van der Waals surface area contributed by atoms with Crippen LogP contribution in [0.25, 0.3) is 11.0 Å². The Morgan fingerprint density at radius 1 is 1.43 bits per heavy atom. The zero-order valence-electron chi connectivity index (χ0n) is 13.2. The van der Waals surface area contributed by atoms with Crippen molar-refractivity contribution in [2.45, 2.75) is 26.3 Å². The van der Waals surface area contributed by atoms with Gasteiger partial charge in [0.1, 0.15) is 0 Å². The minimum absolute atomic E-state index is 0.00401. The summed E-state index contributed by atoms with van der Waals surface area (Å²) >= 11 is 0. The SMILES string of the molecule is CC(C)n1ncc2cc(C(=O)NC[C@@H]3CCS(=O)(=O)C3)cnc21. The molecule has 2 aromatic heterocycles. The molecule has 23 heavy (non-hydrogen) atoms. The average Bonchev–Trinajstić information content (AvgIpc) is 3.07. The van der Waals surface area contributed by atoms with Gasteiger partial charge >= 0.3 is 0 Å². The van der Waals surface area contributed by atoms with Gasteiger partial charge in [0.25, 0.3) is 5.91 Å². The Labute approximate surface area is 135 Å². The number of nitrogens with zero attached hydrogens (tertiary/aromatic N) is 3. The Balaban J connectivity index is 1.69. The summed E-state index contributed by atoms with van der Waals surface area (Å²) in [6.07, 6.45) is 3.84. The number of aromatic nitrogens is 3. The van der Waals surface area contributed by atoms with Crippen LogP contribution in [0.4, 0.5) is 0 Å². The standard InChI is InChI=1S/C15H20N4O3S/c1-10(2)19-14-12(8-18-19)5-13(7-16-14)15(20)17-6-11-3-4-23(21,22)9-11/h5,7-8,10-11H,3-4,6,9H2,1-2H3,(H,17,20)/t11-/m0/s1. The van der Waals surface area contributed by atoms with Crippen LogP contribution in [0.15, 0.2) is 18.5 Å². The Kier molecular flexibility index (Phi) is 4.09. The maximum atomic E-state index is 12.2. The number of carbonyl (C=O) groups is 1. The molecule has 1 amide bonds. The average molecular weight is 336 g/mol. The minimum Gasteiger partial charge on any atom is -0.352 e. The predicted octanol–water partition coefficient (Wildman–Crippen LogP) is 1.18. The van der Waals surface area contributed by atoms with Gasteiger partial charge in [0, 0.05) is 24.2 Å². The smallest absolute Gasteiger partial charge is 0.252 e. The summed E-state index contributed by atoms with van der Waals surface area (Å²) in [7, 11) is -2.92. The van der Waals surface area contributed by atoms with Gasteiger partial charge in [0.05, 0.1) is 23.3 Å². The highest BCUT2D eigenvalue weighted by molar-refractivity contribution is 7.91. The monoisotopic (exact) mass is 336 g/mol. The molecule has 8 heteroatoms. The topological polar surface area (TPSA) is 94.0 Å². The van der Waals surface area contributed by atoms with Crippen molar-refractivity contribution in [1.29, 1.82) is 0 Å². The zero-order chi connectivity index (χ0) is 16.6. The van der Waals surface area contributed by atoms with E-state index >= 15 is 0 Å². The highest BCUT2D eigenvalue weighted by Crippen LogP contribution is 2.18. The van der Waals surface area contributed by atoms with Crippen LogP contribution in [-0.2, 0) is 9.84 Å². The van der Waals surface area contributed by atoms with Crippen LogP contribution in [0.5, 0.6) is 0 Å². The Hall–Kier alpha value is -1.96. The molecule has 1 saturated heterocycles. The molecule has 124 valence electrons. The Morgan fingerprint density at radius 3 is 2.87 bits per heavy atom. The quantitative estimate of drug-likeness (QED) is 0.905.